The fourth-order valence-electron chi connectivity index (χ4n) is 1.58. The summed E-state index contributed by atoms with van der Waals surface area (Å²) >= 11 is 7.08. The highest BCUT2D eigenvalue weighted by Crippen LogP contribution is 2.24. The van der Waals surface area contributed by atoms with Crippen LogP contribution in [0.4, 0.5) is 0 Å². The molecule has 1 aromatic carbocycles. The molecule has 96 valence electrons. The predicted octanol–water partition coefficient (Wildman–Crippen LogP) is 3.68. The highest BCUT2D eigenvalue weighted by molar-refractivity contribution is 9.11. The number of rotatable bonds is 6. The molecule has 0 radical (unpaired) electrons. The molecule has 18 heavy (non-hydrogen) atoms. The van der Waals surface area contributed by atoms with Gasteiger partial charge in [0.1, 0.15) is 0 Å². The van der Waals surface area contributed by atoms with Gasteiger partial charge in [-0.1, -0.05) is 18.2 Å². The van der Waals surface area contributed by atoms with Crippen molar-refractivity contribution in [2.45, 2.75) is 17.4 Å². The maximum absolute atomic E-state index is 5.62. The number of thiophene rings is 1. The van der Waals surface area contributed by atoms with Gasteiger partial charge in [0.05, 0.1) is 3.79 Å². The van der Waals surface area contributed by atoms with E-state index in [1.165, 1.54) is 13.6 Å². The topological polar surface area (TPSA) is 38.0 Å². The Hall–Kier alpha value is -0.330. The second-order valence-corrected chi connectivity index (χ2v) is 7.54. The minimum Gasteiger partial charge on any atom is -0.271 e. The summed E-state index contributed by atoms with van der Waals surface area (Å²) in [5, 5.41) is 0. The van der Waals surface area contributed by atoms with Gasteiger partial charge in [0.25, 0.3) is 0 Å². The van der Waals surface area contributed by atoms with Crippen molar-refractivity contribution < 1.29 is 0 Å². The molecule has 0 aliphatic heterocycles. The van der Waals surface area contributed by atoms with Gasteiger partial charge in [0.15, 0.2) is 0 Å². The molecule has 0 fully saturated rings. The molecule has 2 nitrogen and oxygen atoms in total. The minimum atomic E-state index is 0.292. The fourth-order valence-corrected chi connectivity index (χ4v) is 4.10. The van der Waals surface area contributed by atoms with Gasteiger partial charge in [-0.25, -0.2) is 0 Å². The molecule has 0 amide bonds. The zero-order chi connectivity index (χ0) is 12.8. The van der Waals surface area contributed by atoms with Crippen molar-refractivity contribution in [2.75, 3.05) is 5.75 Å². The van der Waals surface area contributed by atoms with Gasteiger partial charge in [-0.15, -0.1) is 23.1 Å². The van der Waals surface area contributed by atoms with Crippen molar-refractivity contribution in [3.8, 4) is 0 Å². The van der Waals surface area contributed by atoms with Crippen LogP contribution in [0, 0.1) is 0 Å². The maximum Gasteiger partial charge on any atom is 0.0701 e. The first kappa shape index (κ1) is 14.1. The Morgan fingerprint density at radius 1 is 1.22 bits per heavy atom. The monoisotopic (exact) mass is 342 g/mol. The first-order valence-corrected chi connectivity index (χ1v) is 8.25. The van der Waals surface area contributed by atoms with E-state index in [2.05, 4.69) is 57.8 Å². The Balaban J connectivity index is 1.86. The number of nitrogens with two attached hydrogens (primary N) is 1. The predicted molar refractivity (Wildman–Crippen MR) is 84.0 cm³/mol. The number of benzene rings is 1. The fraction of sp³-hybridized carbons (Fsp3) is 0.231. The summed E-state index contributed by atoms with van der Waals surface area (Å²) in [5.74, 6) is 6.59. The summed E-state index contributed by atoms with van der Waals surface area (Å²) < 4.78 is 1.17. The van der Waals surface area contributed by atoms with Gasteiger partial charge in [0.2, 0.25) is 0 Å². The molecule has 0 saturated carbocycles. The van der Waals surface area contributed by atoms with E-state index < -0.39 is 0 Å². The van der Waals surface area contributed by atoms with Crippen LogP contribution in [-0.2, 0) is 6.42 Å². The third kappa shape index (κ3) is 4.40. The van der Waals surface area contributed by atoms with E-state index in [0.717, 1.165) is 12.2 Å². The largest absolute Gasteiger partial charge is 0.271 e. The minimum absolute atomic E-state index is 0.292. The highest BCUT2D eigenvalue weighted by Gasteiger charge is 2.10. The van der Waals surface area contributed by atoms with Crippen molar-refractivity contribution >= 4 is 39.0 Å². The number of thioether (sulfide) groups is 1. The molecule has 2 aromatic rings. The Kier molecular flexibility index (Phi) is 5.72. The Morgan fingerprint density at radius 3 is 2.61 bits per heavy atom. The van der Waals surface area contributed by atoms with Crippen LogP contribution in [0.2, 0.25) is 0 Å². The van der Waals surface area contributed by atoms with Crippen LogP contribution in [0.3, 0.4) is 0 Å². The molecule has 0 spiro atoms. The average molecular weight is 343 g/mol. The lowest BCUT2D eigenvalue weighted by Crippen LogP contribution is -2.38. The summed E-state index contributed by atoms with van der Waals surface area (Å²) in [7, 11) is 0. The second kappa shape index (κ2) is 7.31. The van der Waals surface area contributed by atoms with Gasteiger partial charge in [-0.05, 0) is 46.6 Å². The molecule has 3 N–H and O–H groups in total. The molecule has 5 heteroatoms. The Morgan fingerprint density at radius 2 is 2.00 bits per heavy atom. The van der Waals surface area contributed by atoms with Gasteiger partial charge in [-0.3, -0.25) is 11.3 Å². The lowest BCUT2D eigenvalue weighted by molar-refractivity contribution is 0.579. The summed E-state index contributed by atoms with van der Waals surface area (Å²) in [5.41, 5.74) is 2.90. The van der Waals surface area contributed by atoms with Crippen LogP contribution in [0.1, 0.15) is 4.88 Å². The van der Waals surface area contributed by atoms with Crippen LogP contribution in [-0.4, -0.2) is 11.8 Å². The lowest BCUT2D eigenvalue weighted by Gasteiger charge is -2.14. The van der Waals surface area contributed by atoms with Crippen molar-refractivity contribution in [1.82, 2.24) is 5.43 Å². The molecular formula is C13H15BrN2S2. The van der Waals surface area contributed by atoms with Crippen molar-refractivity contribution in [3.63, 3.8) is 0 Å². The first-order chi connectivity index (χ1) is 8.78. The number of nitrogens with one attached hydrogen (secondary N) is 1. The molecule has 1 aromatic heterocycles. The molecule has 1 atom stereocenters. The molecule has 2 rings (SSSR count). The van der Waals surface area contributed by atoms with Crippen molar-refractivity contribution in [3.05, 3.63) is 51.1 Å². The van der Waals surface area contributed by atoms with Crippen molar-refractivity contribution in [2.24, 2.45) is 5.84 Å². The molecule has 1 unspecified atom stereocenters. The van der Waals surface area contributed by atoms with Gasteiger partial charge in [-0.2, -0.15) is 0 Å². The maximum atomic E-state index is 5.62. The molecule has 0 aliphatic rings. The van der Waals surface area contributed by atoms with E-state index in [0.29, 0.717) is 6.04 Å². The van der Waals surface area contributed by atoms with E-state index in [-0.39, 0.29) is 0 Å². The van der Waals surface area contributed by atoms with Crippen molar-refractivity contribution in [1.29, 1.82) is 0 Å². The average Bonchev–Trinajstić information content (AvgIpc) is 2.81. The third-order valence-electron chi connectivity index (χ3n) is 2.51. The van der Waals surface area contributed by atoms with Gasteiger partial charge in [0, 0.05) is 21.6 Å². The molecule has 1 heterocycles. The Labute approximate surface area is 124 Å². The lowest BCUT2D eigenvalue weighted by atomic mass is 10.2. The SMILES string of the molecule is NNC(CSc1ccccc1)Cc1ccc(Br)s1. The number of hydrogen-bond donors (Lipinski definition) is 2. The van der Waals surface area contributed by atoms with Crippen LogP contribution in [0.5, 0.6) is 0 Å². The third-order valence-corrected chi connectivity index (χ3v) is 5.33. The van der Waals surface area contributed by atoms with E-state index in [9.17, 15) is 0 Å². The van der Waals surface area contributed by atoms with E-state index in [1.807, 2.05) is 17.8 Å². The van der Waals surface area contributed by atoms with E-state index in [4.69, 9.17) is 5.84 Å². The molecule has 0 saturated heterocycles. The number of hydrazine groups is 1. The zero-order valence-corrected chi connectivity index (χ0v) is 13.0. The van der Waals surface area contributed by atoms with Crippen LogP contribution >= 0.6 is 39.0 Å². The second-order valence-electron chi connectivity index (χ2n) is 3.90. The summed E-state index contributed by atoms with van der Waals surface area (Å²) in [6, 6.07) is 14.9. The van der Waals surface area contributed by atoms with Gasteiger partial charge >= 0.3 is 0 Å². The molecule has 0 bridgehead atoms. The summed E-state index contributed by atoms with van der Waals surface area (Å²) in [4.78, 5) is 2.63. The van der Waals surface area contributed by atoms with Crippen LogP contribution < -0.4 is 11.3 Å². The Bertz CT molecular complexity index is 473. The smallest absolute Gasteiger partial charge is 0.0701 e. The van der Waals surface area contributed by atoms with E-state index in [1.54, 1.807) is 11.3 Å². The highest BCUT2D eigenvalue weighted by atomic mass is 79.9. The van der Waals surface area contributed by atoms with E-state index >= 15 is 0 Å². The van der Waals surface area contributed by atoms with Gasteiger partial charge < -0.3 is 0 Å². The normalized spacial score (nSPS) is 12.6. The first-order valence-electron chi connectivity index (χ1n) is 5.66. The summed E-state index contributed by atoms with van der Waals surface area (Å²) in [6.07, 6.45) is 0.965. The summed E-state index contributed by atoms with van der Waals surface area (Å²) in [6.45, 7) is 0. The zero-order valence-electron chi connectivity index (χ0n) is 9.80. The quantitative estimate of drug-likeness (QED) is 0.477. The van der Waals surface area contributed by atoms with Crippen LogP contribution in [0.25, 0.3) is 0 Å². The standard InChI is InChI=1S/C13H15BrN2S2/c14-13-7-6-12(18-13)8-10(16-15)9-17-11-4-2-1-3-5-11/h1-7,10,16H,8-9,15H2. The number of hydrogen-bond acceptors (Lipinski definition) is 4. The molecule has 0 aliphatic carbocycles. The molecular weight excluding hydrogens is 328 g/mol. The van der Waals surface area contributed by atoms with Crippen LogP contribution in [0.15, 0.2) is 51.1 Å². The number of halogens is 1.